The van der Waals surface area contributed by atoms with E-state index in [1.54, 1.807) is 0 Å². The molecule has 6 N–H and O–H groups in total. The van der Waals surface area contributed by atoms with Crippen molar-refractivity contribution in [1.82, 2.24) is 0 Å². The van der Waals surface area contributed by atoms with Crippen molar-refractivity contribution in [3.8, 4) is 0 Å². The Morgan fingerprint density at radius 2 is 1.87 bits per heavy atom. The topological polar surface area (TPSA) is 175 Å². The van der Waals surface area contributed by atoms with Gasteiger partial charge in [-0.1, -0.05) is 0 Å². The van der Waals surface area contributed by atoms with E-state index >= 15 is 0 Å². The molecule has 2 aliphatic heterocycles. The SMILES string of the molecule is C[C@H]1O[C@H](OOC2=C(O)[C@@H]([C@@H](O)CO)OC2=O)[C@H](O)[C@@H](O)[C@@H]1O. The summed E-state index contributed by atoms with van der Waals surface area (Å²) in [5, 5.41) is 56.7. The van der Waals surface area contributed by atoms with Crippen LogP contribution in [-0.2, 0) is 24.0 Å². The average molecular weight is 338 g/mol. The van der Waals surface area contributed by atoms with E-state index < -0.39 is 67.0 Å². The van der Waals surface area contributed by atoms with E-state index in [9.17, 15) is 30.3 Å². The number of ether oxygens (including phenoxy) is 2. The molecule has 0 radical (unpaired) electrons. The Labute approximate surface area is 129 Å². The zero-order valence-corrected chi connectivity index (χ0v) is 12.0. The Morgan fingerprint density at radius 1 is 1.22 bits per heavy atom. The van der Waals surface area contributed by atoms with Crippen LogP contribution < -0.4 is 0 Å². The van der Waals surface area contributed by atoms with Gasteiger partial charge in [0, 0.05) is 0 Å². The summed E-state index contributed by atoms with van der Waals surface area (Å²) in [6, 6.07) is 0. The largest absolute Gasteiger partial charge is 0.505 e. The van der Waals surface area contributed by atoms with Gasteiger partial charge < -0.3 is 45.0 Å². The molecule has 2 aliphatic rings. The van der Waals surface area contributed by atoms with E-state index in [-0.39, 0.29) is 0 Å². The Bertz CT molecular complexity index is 478. The van der Waals surface area contributed by atoms with E-state index in [1.807, 2.05) is 0 Å². The maximum atomic E-state index is 11.5. The number of hydrogen-bond donors (Lipinski definition) is 6. The van der Waals surface area contributed by atoms with E-state index in [0.29, 0.717) is 0 Å². The summed E-state index contributed by atoms with van der Waals surface area (Å²) in [5.74, 6) is -2.78. The molecule has 7 atom stereocenters. The Kier molecular flexibility index (Phi) is 5.41. The molecule has 2 heterocycles. The van der Waals surface area contributed by atoms with Crippen LogP contribution in [0, 0.1) is 0 Å². The van der Waals surface area contributed by atoms with Crippen LogP contribution in [0.5, 0.6) is 0 Å². The van der Waals surface area contributed by atoms with Gasteiger partial charge in [0.2, 0.25) is 6.29 Å². The summed E-state index contributed by atoms with van der Waals surface area (Å²) in [5.41, 5.74) is 0. The van der Waals surface area contributed by atoms with Crippen LogP contribution in [0.2, 0.25) is 0 Å². The highest BCUT2D eigenvalue weighted by Gasteiger charge is 2.45. The van der Waals surface area contributed by atoms with Crippen molar-refractivity contribution in [2.45, 2.75) is 49.8 Å². The number of esters is 1. The van der Waals surface area contributed by atoms with Crippen molar-refractivity contribution in [2.24, 2.45) is 0 Å². The van der Waals surface area contributed by atoms with Crippen LogP contribution in [0.4, 0.5) is 0 Å². The molecule has 0 aromatic heterocycles. The van der Waals surface area contributed by atoms with Gasteiger partial charge in [0.05, 0.1) is 12.7 Å². The summed E-state index contributed by atoms with van der Waals surface area (Å²) in [4.78, 5) is 20.8. The molecular weight excluding hydrogens is 320 g/mol. The highest BCUT2D eigenvalue weighted by Crippen LogP contribution is 2.27. The predicted octanol–water partition coefficient (Wildman–Crippen LogP) is -3.19. The second-order valence-electron chi connectivity index (χ2n) is 5.15. The first-order valence-electron chi connectivity index (χ1n) is 6.74. The fraction of sp³-hybridized carbons (Fsp3) is 0.750. The van der Waals surface area contributed by atoms with Crippen LogP contribution in [0.3, 0.4) is 0 Å². The second-order valence-corrected chi connectivity index (χ2v) is 5.15. The Hall–Kier alpha value is -1.47. The molecule has 0 bridgehead atoms. The van der Waals surface area contributed by atoms with Crippen LogP contribution in [0.25, 0.3) is 0 Å². The number of carbonyl (C=O) groups is 1. The fourth-order valence-electron chi connectivity index (χ4n) is 2.08. The van der Waals surface area contributed by atoms with E-state index in [1.165, 1.54) is 6.92 Å². The zero-order valence-electron chi connectivity index (χ0n) is 12.0. The van der Waals surface area contributed by atoms with Gasteiger partial charge in [-0.2, -0.15) is 4.89 Å². The number of aliphatic hydroxyl groups is 6. The zero-order chi connectivity index (χ0) is 17.3. The molecule has 0 aromatic carbocycles. The van der Waals surface area contributed by atoms with Crippen molar-refractivity contribution in [3.05, 3.63) is 11.5 Å². The molecule has 0 spiro atoms. The van der Waals surface area contributed by atoms with Crippen molar-refractivity contribution in [2.75, 3.05) is 6.61 Å². The lowest BCUT2D eigenvalue weighted by Crippen LogP contribution is -2.57. The Morgan fingerprint density at radius 3 is 2.48 bits per heavy atom. The summed E-state index contributed by atoms with van der Waals surface area (Å²) in [6.45, 7) is 0.631. The fourth-order valence-corrected chi connectivity index (χ4v) is 2.08. The lowest BCUT2D eigenvalue weighted by molar-refractivity contribution is -0.407. The summed E-state index contributed by atoms with van der Waals surface area (Å²) < 4.78 is 9.65. The van der Waals surface area contributed by atoms with Gasteiger partial charge in [-0.05, 0) is 6.92 Å². The molecule has 132 valence electrons. The maximum Gasteiger partial charge on any atom is 0.382 e. The molecular formula is C12H18O11. The van der Waals surface area contributed by atoms with Crippen molar-refractivity contribution < 1.29 is 54.7 Å². The molecule has 1 fully saturated rings. The molecule has 1 saturated heterocycles. The maximum absolute atomic E-state index is 11.5. The van der Waals surface area contributed by atoms with Gasteiger partial charge in [0.1, 0.15) is 24.4 Å². The first kappa shape index (κ1) is 17.9. The Balaban J connectivity index is 2.02. The molecule has 0 aliphatic carbocycles. The van der Waals surface area contributed by atoms with Crippen LogP contribution >= 0.6 is 0 Å². The van der Waals surface area contributed by atoms with Gasteiger partial charge in [-0.25, -0.2) is 4.79 Å². The predicted molar refractivity (Wildman–Crippen MR) is 67.2 cm³/mol. The summed E-state index contributed by atoms with van der Waals surface area (Å²) in [7, 11) is 0. The first-order valence-corrected chi connectivity index (χ1v) is 6.74. The van der Waals surface area contributed by atoms with Crippen LogP contribution in [-0.4, -0.2) is 86.1 Å². The molecule has 0 unspecified atom stereocenters. The lowest BCUT2D eigenvalue weighted by atomic mass is 10.0. The number of aliphatic hydroxyl groups excluding tert-OH is 6. The minimum absolute atomic E-state index is 0.776. The van der Waals surface area contributed by atoms with Crippen LogP contribution in [0.1, 0.15) is 6.92 Å². The number of cyclic esters (lactones) is 1. The minimum Gasteiger partial charge on any atom is -0.505 e. The van der Waals surface area contributed by atoms with Crippen molar-refractivity contribution in [1.29, 1.82) is 0 Å². The number of hydrogen-bond acceptors (Lipinski definition) is 11. The average Bonchev–Trinajstić information content (AvgIpc) is 2.81. The normalized spacial score (nSPS) is 39.3. The van der Waals surface area contributed by atoms with Gasteiger partial charge in [0.15, 0.2) is 11.9 Å². The van der Waals surface area contributed by atoms with E-state index in [4.69, 9.17) is 9.84 Å². The molecule has 11 nitrogen and oxygen atoms in total. The smallest absolute Gasteiger partial charge is 0.382 e. The van der Waals surface area contributed by atoms with E-state index in [0.717, 1.165) is 0 Å². The molecule has 0 aromatic rings. The third kappa shape index (κ3) is 3.40. The number of rotatable bonds is 5. The standard InChI is InChI=1S/C12H18O11/c1-3-5(15)6(16)7(17)12(20-3)23-22-10-8(18)9(4(14)2-13)21-11(10)19/h3-7,9,12-18H,2H2,1H3/t3-,4+,5-,6+,7-,9-,12-/m1/s1. The summed E-state index contributed by atoms with van der Waals surface area (Å²) in [6.07, 6.45) is -10.1. The third-order valence-corrected chi connectivity index (χ3v) is 3.49. The van der Waals surface area contributed by atoms with Gasteiger partial charge in [-0.15, -0.1) is 0 Å². The third-order valence-electron chi connectivity index (χ3n) is 3.49. The van der Waals surface area contributed by atoms with Crippen molar-refractivity contribution in [3.63, 3.8) is 0 Å². The quantitative estimate of drug-likeness (QED) is 0.169. The molecule has 0 amide bonds. The van der Waals surface area contributed by atoms with Crippen molar-refractivity contribution >= 4 is 5.97 Å². The second kappa shape index (κ2) is 6.97. The van der Waals surface area contributed by atoms with E-state index in [2.05, 4.69) is 14.5 Å². The minimum atomic E-state index is -1.68. The van der Waals surface area contributed by atoms with Crippen LogP contribution in [0.15, 0.2) is 11.5 Å². The summed E-state index contributed by atoms with van der Waals surface area (Å²) >= 11 is 0. The highest BCUT2D eigenvalue weighted by atomic mass is 17.2. The first-order chi connectivity index (χ1) is 10.8. The molecule has 11 heteroatoms. The molecule has 0 saturated carbocycles. The number of carbonyl (C=O) groups excluding carboxylic acids is 1. The molecule has 2 rings (SSSR count). The van der Waals surface area contributed by atoms with Gasteiger partial charge in [0.25, 0.3) is 5.76 Å². The lowest BCUT2D eigenvalue weighted by Gasteiger charge is -2.37. The molecule has 23 heavy (non-hydrogen) atoms. The van der Waals surface area contributed by atoms with Gasteiger partial charge in [-0.3, -0.25) is 0 Å². The monoisotopic (exact) mass is 338 g/mol. The van der Waals surface area contributed by atoms with Gasteiger partial charge >= 0.3 is 5.97 Å². The highest BCUT2D eigenvalue weighted by molar-refractivity contribution is 5.89.